The summed E-state index contributed by atoms with van der Waals surface area (Å²) in [5.74, 6) is -0.862. The van der Waals surface area contributed by atoms with Gasteiger partial charge in [-0.3, -0.25) is 14.4 Å². The lowest BCUT2D eigenvalue weighted by Gasteiger charge is -2.36. The molecule has 0 saturated carbocycles. The Bertz CT molecular complexity index is 1260. The van der Waals surface area contributed by atoms with Gasteiger partial charge in [0.2, 0.25) is 0 Å². The highest BCUT2D eigenvalue weighted by molar-refractivity contribution is 6.34. The molecule has 2 aliphatic rings. The van der Waals surface area contributed by atoms with Gasteiger partial charge < -0.3 is 9.80 Å². The molecule has 2 aliphatic heterocycles. The van der Waals surface area contributed by atoms with Crippen LogP contribution in [0.3, 0.4) is 0 Å². The smallest absolute Gasteiger partial charge is 0.266 e. The summed E-state index contributed by atoms with van der Waals surface area (Å²) in [5, 5.41) is 0. The van der Waals surface area contributed by atoms with Gasteiger partial charge in [0.1, 0.15) is 0 Å². The van der Waals surface area contributed by atoms with E-state index in [0.29, 0.717) is 29.9 Å². The largest absolute Gasteiger partial charge is 0.368 e. The first kappa shape index (κ1) is 20.9. The molecular weight excluding hydrogens is 414 g/mol. The number of hydrogen-bond acceptors (Lipinski definition) is 4. The summed E-state index contributed by atoms with van der Waals surface area (Å²) >= 11 is 0. The Kier molecular flexibility index (Phi) is 5.21. The van der Waals surface area contributed by atoms with Gasteiger partial charge in [-0.05, 0) is 55.8 Å². The monoisotopic (exact) mass is 439 g/mol. The molecule has 0 N–H and O–H groups in total. The first-order chi connectivity index (χ1) is 15.9. The maximum Gasteiger partial charge on any atom is 0.266 e. The van der Waals surface area contributed by atoms with Gasteiger partial charge in [-0.25, -0.2) is 4.90 Å². The Morgan fingerprint density at radius 1 is 0.758 bits per heavy atom. The van der Waals surface area contributed by atoms with Crippen LogP contribution in [-0.2, 0) is 0 Å². The second-order valence-corrected chi connectivity index (χ2v) is 8.61. The molecule has 166 valence electrons. The highest BCUT2D eigenvalue weighted by atomic mass is 16.2. The van der Waals surface area contributed by atoms with Crippen molar-refractivity contribution >= 4 is 29.1 Å². The minimum Gasteiger partial charge on any atom is -0.368 e. The molecule has 1 saturated heterocycles. The maximum atomic E-state index is 13.2. The van der Waals surface area contributed by atoms with E-state index >= 15 is 0 Å². The molecule has 0 atom stereocenters. The van der Waals surface area contributed by atoms with Crippen molar-refractivity contribution < 1.29 is 14.4 Å². The molecule has 3 amide bonds. The van der Waals surface area contributed by atoms with Gasteiger partial charge in [0.25, 0.3) is 17.7 Å². The van der Waals surface area contributed by atoms with E-state index in [9.17, 15) is 14.4 Å². The van der Waals surface area contributed by atoms with E-state index in [1.807, 2.05) is 36.1 Å². The van der Waals surface area contributed by atoms with Crippen LogP contribution in [0.15, 0.2) is 66.7 Å². The number of imide groups is 1. The molecular formula is C27H25N3O3. The number of piperazine rings is 1. The summed E-state index contributed by atoms with van der Waals surface area (Å²) in [6, 6.07) is 20.3. The van der Waals surface area contributed by atoms with Gasteiger partial charge in [0, 0.05) is 37.4 Å². The van der Waals surface area contributed by atoms with Crippen LogP contribution in [0.1, 0.15) is 42.2 Å². The van der Waals surface area contributed by atoms with Crippen molar-refractivity contribution in [2.45, 2.75) is 13.8 Å². The van der Waals surface area contributed by atoms with E-state index in [2.05, 4.69) is 24.0 Å². The number of benzene rings is 3. The Morgan fingerprint density at radius 3 is 2.12 bits per heavy atom. The van der Waals surface area contributed by atoms with Crippen LogP contribution in [0.5, 0.6) is 0 Å². The molecule has 3 aromatic carbocycles. The van der Waals surface area contributed by atoms with E-state index in [0.717, 1.165) is 18.7 Å². The molecule has 6 heteroatoms. The number of amides is 3. The number of nitrogens with zero attached hydrogens (tertiary/aromatic N) is 3. The Labute approximate surface area is 193 Å². The van der Waals surface area contributed by atoms with E-state index in [4.69, 9.17) is 0 Å². The number of aryl methyl sites for hydroxylation is 2. The lowest BCUT2D eigenvalue weighted by molar-refractivity contribution is 0.0746. The van der Waals surface area contributed by atoms with Gasteiger partial charge in [0.15, 0.2) is 0 Å². The van der Waals surface area contributed by atoms with E-state index in [-0.39, 0.29) is 17.4 Å². The number of carbonyl (C=O) groups excluding carboxylic acids is 3. The highest BCUT2D eigenvalue weighted by Crippen LogP contribution is 2.30. The third-order valence-corrected chi connectivity index (χ3v) is 6.45. The normalized spacial score (nSPS) is 15.8. The highest BCUT2D eigenvalue weighted by Gasteiger charge is 2.37. The first-order valence-electron chi connectivity index (χ1n) is 11.1. The van der Waals surface area contributed by atoms with Crippen molar-refractivity contribution in [2.75, 3.05) is 36.0 Å². The van der Waals surface area contributed by atoms with E-state index in [1.165, 1.54) is 16.2 Å². The summed E-state index contributed by atoms with van der Waals surface area (Å²) in [7, 11) is 0. The molecule has 0 bridgehead atoms. The molecule has 0 spiro atoms. The number of fused-ring (bicyclic) bond motifs is 1. The topological polar surface area (TPSA) is 60.9 Å². The predicted molar refractivity (Wildman–Crippen MR) is 128 cm³/mol. The van der Waals surface area contributed by atoms with Crippen LogP contribution in [-0.4, -0.2) is 48.8 Å². The van der Waals surface area contributed by atoms with Gasteiger partial charge in [-0.1, -0.05) is 35.9 Å². The molecule has 33 heavy (non-hydrogen) atoms. The molecule has 1 fully saturated rings. The van der Waals surface area contributed by atoms with Crippen LogP contribution >= 0.6 is 0 Å². The number of carbonyl (C=O) groups is 3. The van der Waals surface area contributed by atoms with E-state index in [1.54, 1.807) is 30.3 Å². The van der Waals surface area contributed by atoms with Gasteiger partial charge >= 0.3 is 0 Å². The first-order valence-corrected chi connectivity index (χ1v) is 11.1. The summed E-state index contributed by atoms with van der Waals surface area (Å²) in [4.78, 5) is 44.4. The predicted octanol–water partition coefficient (Wildman–Crippen LogP) is 4.07. The molecule has 3 aromatic rings. The fraction of sp³-hybridized carbons (Fsp3) is 0.222. The third-order valence-electron chi connectivity index (χ3n) is 6.45. The third kappa shape index (κ3) is 3.67. The zero-order valence-corrected chi connectivity index (χ0v) is 18.7. The SMILES string of the molecule is Cc1ccc(N2C(=O)c3ccc(C(=O)N4CCN(c5ccccc5C)CC4)cc3C2=O)cc1. The van der Waals surface area contributed by atoms with Crippen LogP contribution in [0.25, 0.3) is 0 Å². The summed E-state index contributed by atoms with van der Waals surface area (Å²) in [6.07, 6.45) is 0. The minimum absolute atomic E-state index is 0.115. The molecule has 2 heterocycles. The average molecular weight is 440 g/mol. The molecule has 5 rings (SSSR count). The van der Waals surface area contributed by atoms with Gasteiger partial charge in [0.05, 0.1) is 16.8 Å². The second kappa shape index (κ2) is 8.20. The Hall–Kier alpha value is -3.93. The van der Waals surface area contributed by atoms with Crippen molar-refractivity contribution in [1.29, 1.82) is 0 Å². The zero-order chi connectivity index (χ0) is 23.1. The standard InChI is InChI=1S/C27H25N3O3/c1-18-7-10-21(11-8-18)30-26(32)22-12-9-20(17-23(22)27(30)33)25(31)29-15-13-28(14-16-29)24-6-4-3-5-19(24)2/h3-12,17H,13-16H2,1-2H3. The van der Waals surface area contributed by atoms with E-state index < -0.39 is 5.91 Å². The maximum absolute atomic E-state index is 13.2. The van der Waals surface area contributed by atoms with Crippen molar-refractivity contribution in [2.24, 2.45) is 0 Å². The summed E-state index contributed by atoms with van der Waals surface area (Å²) in [6.45, 7) is 6.75. The van der Waals surface area contributed by atoms with Crippen LogP contribution in [0.2, 0.25) is 0 Å². The molecule has 0 aromatic heterocycles. The summed E-state index contributed by atoms with van der Waals surface area (Å²) in [5.41, 5.74) is 5.05. The second-order valence-electron chi connectivity index (χ2n) is 8.61. The average Bonchev–Trinajstić information content (AvgIpc) is 3.09. The lowest BCUT2D eigenvalue weighted by Crippen LogP contribution is -2.49. The van der Waals surface area contributed by atoms with Crippen LogP contribution in [0.4, 0.5) is 11.4 Å². The van der Waals surface area contributed by atoms with Gasteiger partial charge in [-0.15, -0.1) is 0 Å². The Morgan fingerprint density at radius 2 is 1.42 bits per heavy atom. The van der Waals surface area contributed by atoms with Gasteiger partial charge in [-0.2, -0.15) is 0 Å². The Balaban J connectivity index is 1.33. The zero-order valence-electron chi connectivity index (χ0n) is 18.7. The van der Waals surface area contributed by atoms with Crippen molar-refractivity contribution in [1.82, 2.24) is 4.90 Å². The number of para-hydroxylation sites is 1. The van der Waals surface area contributed by atoms with Crippen LogP contribution < -0.4 is 9.80 Å². The number of rotatable bonds is 3. The quantitative estimate of drug-likeness (QED) is 0.578. The number of hydrogen-bond donors (Lipinski definition) is 0. The van der Waals surface area contributed by atoms with Crippen molar-refractivity contribution in [3.63, 3.8) is 0 Å². The molecule has 6 nitrogen and oxygen atoms in total. The fourth-order valence-electron chi connectivity index (χ4n) is 4.55. The molecule has 0 unspecified atom stereocenters. The lowest BCUT2D eigenvalue weighted by atomic mass is 10.0. The van der Waals surface area contributed by atoms with Crippen molar-refractivity contribution in [3.05, 3.63) is 94.5 Å². The van der Waals surface area contributed by atoms with Crippen LogP contribution in [0, 0.1) is 13.8 Å². The summed E-state index contributed by atoms with van der Waals surface area (Å²) < 4.78 is 0. The fourth-order valence-corrected chi connectivity index (χ4v) is 4.55. The molecule has 0 aliphatic carbocycles. The van der Waals surface area contributed by atoms with Crippen molar-refractivity contribution in [3.8, 4) is 0 Å². The number of anilines is 2. The minimum atomic E-state index is -0.391. The molecule has 0 radical (unpaired) electrons.